The molecule has 0 heterocycles. The fraction of sp³-hybridized carbons (Fsp3) is 0.188. The van der Waals surface area contributed by atoms with E-state index in [1.165, 1.54) is 72.7 Å². The standard InChI is InChI=1S/C32H31F2N3O6S/c1-42-20-19-35-32(39)31(24-5-3-2-4-6-24)37(21-23-7-9-25(33)10-8-23)30(38)22-43-28-15-17-29(18-16-28)44(40,41)36-27-13-11-26(34)12-14-27/h2-18,31,36H,19-22H2,1H3,(H,35,39)/t31-/m0/s1. The van der Waals surface area contributed by atoms with E-state index in [1.54, 1.807) is 30.3 Å². The van der Waals surface area contributed by atoms with E-state index >= 15 is 0 Å². The number of methoxy groups -OCH3 is 1. The number of carbonyl (C=O) groups excluding carboxylic acids is 2. The highest BCUT2D eigenvalue weighted by molar-refractivity contribution is 7.92. The van der Waals surface area contributed by atoms with Crippen molar-refractivity contribution >= 4 is 27.5 Å². The predicted molar refractivity (Wildman–Crippen MR) is 160 cm³/mol. The molecule has 1 atom stereocenters. The van der Waals surface area contributed by atoms with Crippen LogP contribution in [-0.2, 0) is 30.9 Å². The summed E-state index contributed by atoms with van der Waals surface area (Å²) in [5.41, 5.74) is 1.34. The molecule has 0 saturated carbocycles. The van der Waals surface area contributed by atoms with Crippen molar-refractivity contribution in [1.82, 2.24) is 10.2 Å². The quantitative estimate of drug-likeness (QED) is 0.197. The molecule has 44 heavy (non-hydrogen) atoms. The van der Waals surface area contributed by atoms with Crippen LogP contribution in [0.15, 0.2) is 108 Å². The third kappa shape index (κ3) is 8.85. The Morgan fingerprint density at radius 3 is 2.07 bits per heavy atom. The number of amides is 2. The summed E-state index contributed by atoms with van der Waals surface area (Å²) in [6, 6.07) is 23.6. The summed E-state index contributed by atoms with van der Waals surface area (Å²) >= 11 is 0. The molecule has 4 aromatic rings. The van der Waals surface area contributed by atoms with Crippen molar-refractivity contribution in [1.29, 1.82) is 0 Å². The van der Waals surface area contributed by atoms with Crippen molar-refractivity contribution in [3.05, 3.63) is 126 Å². The molecule has 0 saturated heterocycles. The van der Waals surface area contributed by atoms with Crippen LogP contribution in [0.5, 0.6) is 5.75 Å². The van der Waals surface area contributed by atoms with Gasteiger partial charge in [0.05, 0.1) is 11.5 Å². The molecule has 0 spiro atoms. The highest BCUT2D eigenvalue weighted by Gasteiger charge is 2.31. The van der Waals surface area contributed by atoms with Gasteiger partial charge in [-0.2, -0.15) is 0 Å². The number of nitrogens with zero attached hydrogens (tertiary/aromatic N) is 1. The number of nitrogens with one attached hydrogen (secondary N) is 2. The van der Waals surface area contributed by atoms with E-state index in [0.29, 0.717) is 11.1 Å². The molecule has 2 amide bonds. The molecule has 0 aliphatic carbocycles. The first-order valence-electron chi connectivity index (χ1n) is 13.5. The van der Waals surface area contributed by atoms with Crippen LogP contribution in [0.25, 0.3) is 0 Å². The zero-order valence-electron chi connectivity index (χ0n) is 23.8. The van der Waals surface area contributed by atoms with Gasteiger partial charge in [-0.3, -0.25) is 14.3 Å². The SMILES string of the molecule is COCCNC(=O)[C@H](c1ccccc1)N(Cc1ccc(F)cc1)C(=O)COc1ccc(S(=O)(=O)Nc2ccc(F)cc2)cc1. The maximum atomic E-state index is 13.7. The van der Waals surface area contributed by atoms with Gasteiger partial charge in [0.25, 0.3) is 15.9 Å². The monoisotopic (exact) mass is 623 g/mol. The molecule has 0 fully saturated rings. The molecule has 4 aromatic carbocycles. The number of carbonyl (C=O) groups is 2. The molecule has 0 aliphatic heterocycles. The second-order valence-corrected chi connectivity index (χ2v) is 11.3. The number of sulfonamides is 1. The van der Waals surface area contributed by atoms with E-state index < -0.39 is 46.1 Å². The zero-order valence-corrected chi connectivity index (χ0v) is 24.6. The van der Waals surface area contributed by atoms with Crippen LogP contribution in [0.1, 0.15) is 17.2 Å². The highest BCUT2D eigenvalue weighted by atomic mass is 32.2. The second-order valence-electron chi connectivity index (χ2n) is 9.62. The first-order chi connectivity index (χ1) is 21.2. The number of hydrogen-bond acceptors (Lipinski definition) is 6. The fourth-order valence-electron chi connectivity index (χ4n) is 4.27. The fourth-order valence-corrected chi connectivity index (χ4v) is 5.32. The molecule has 0 radical (unpaired) electrons. The van der Waals surface area contributed by atoms with Gasteiger partial charge in [-0.05, 0) is 71.8 Å². The van der Waals surface area contributed by atoms with Gasteiger partial charge in [0.2, 0.25) is 5.91 Å². The Bertz CT molecular complexity index is 1640. The van der Waals surface area contributed by atoms with Gasteiger partial charge >= 0.3 is 0 Å². The van der Waals surface area contributed by atoms with Crippen molar-refractivity contribution < 1.29 is 36.3 Å². The average molecular weight is 624 g/mol. The molecule has 0 bridgehead atoms. The number of ether oxygens (including phenoxy) is 2. The largest absolute Gasteiger partial charge is 0.484 e. The van der Waals surface area contributed by atoms with Gasteiger partial charge in [-0.15, -0.1) is 0 Å². The van der Waals surface area contributed by atoms with E-state index in [-0.39, 0.29) is 36.0 Å². The molecule has 2 N–H and O–H groups in total. The summed E-state index contributed by atoms with van der Waals surface area (Å²) in [6.45, 7) is -0.00576. The third-order valence-corrected chi connectivity index (χ3v) is 7.86. The van der Waals surface area contributed by atoms with Crippen molar-refractivity contribution in [2.45, 2.75) is 17.5 Å². The minimum atomic E-state index is -3.97. The third-order valence-electron chi connectivity index (χ3n) is 6.46. The highest BCUT2D eigenvalue weighted by Crippen LogP contribution is 2.25. The minimum Gasteiger partial charge on any atom is -0.484 e. The van der Waals surface area contributed by atoms with Gasteiger partial charge in [-0.1, -0.05) is 42.5 Å². The van der Waals surface area contributed by atoms with Crippen molar-refractivity contribution in [2.75, 3.05) is 31.6 Å². The topological polar surface area (TPSA) is 114 Å². The van der Waals surface area contributed by atoms with Gasteiger partial charge in [0, 0.05) is 25.9 Å². The van der Waals surface area contributed by atoms with Crippen LogP contribution >= 0.6 is 0 Å². The molecule has 12 heteroatoms. The summed E-state index contributed by atoms with van der Waals surface area (Å²) in [4.78, 5) is 28.4. The van der Waals surface area contributed by atoms with Gasteiger partial charge < -0.3 is 19.7 Å². The molecule has 9 nitrogen and oxygen atoms in total. The molecule has 0 unspecified atom stereocenters. The summed E-state index contributed by atoms with van der Waals surface area (Å²) in [5.74, 6) is -1.71. The average Bonchev–Trinajstić information content (AvgIpc) is 3.02. The van der Waals surface area contributed by atoms with Gasteiger partial charge in [0.15, 0.2) is 6.61 Å². The smallest absolute Gasteiger partial charge is 0.261 e. The summed E-state index contributed by atoms with van der Waals surface area (Å²) in [6.07, 6.45) is 0. The van der Waals surface area contributed by atoms with E-state index in [2.05, 4.69) is 10.0 Å². The minimum absolute atomic E-state index is 0.0219. The lowest BCUT2D eigenvalue weighted by Gasteiger charge is -2.31. The van der Waals surface area contributed by atoms with Crippen LogP contribution in [-0.4, -0.2) is 52.0 Å². The van der Waals surface area contributed by atoms with Crippen molar-refractivity contribution in [3.63, 3.8) is 0 Å². The second kappa shape index (κ2) is 15.1. The Kier molecular flexibility index (Phi) is 11.0. The van der Waals surface area contributed by atoms with E-state index in [9.17, 15) is 26.8 Å². The Hall–Kier alpha value is -4.81. The molecule has 230 valence electrons. The van der Waals surface area contributed by atoms with Crippen LogP contribution in [0, 0.1) is 11.6 Å². The lowest BCUT2D eigenvalue weighted by Crippen LogP contribution is -2.45. The lowest BCUT2D eigenvalue weighted by molar-refractivity contribution is -0.143. The molecule has 0 aromatic heterocycles. The molecular weight excluding hydrogens is 592 g/mol. The van der Waals surface area contributed by atoms with Crippen LogP contribution in [0.4, 0.5) is 14.5 Å². The summed E-state index contributed by atoms with van der Waals surface area (Å²) in [7, 11) is -2.46. The number of hydrogen-bond donors (Lipinski definition) is 2. The first kappa shape index (κ1) is 32.1. The van der Waals surface area contributed by atoms with Crippen LogP contribution in [0.2, 0.25) is 0 Å². The van der Waals surface area contributed by atoms with E-state index in [0.717, 1.165) is 12.1 Å². The lowest BCUT2D eigenvalue weighted by atomic mass is 10.0. The number of benzene rings is 4. The Morgan fingerprint density at radius 2 is 1.45 bits per heavy atom. The molecular formula is C32H31F2N3O6S. The van der Waals surface area contributed by atoms with Crippen LogP contribution in [0.3, 0.4) is 0 Å². The van der Waals surface area contributed by atoms with Crippen molar-refractivity contribution in [2.24, 2.45) is 0 Å². The molecule has 4 rings (SSSR count). The summed E-state index contributed by atoms with van der Waals surface area (Å²) in [5, 5.41) is 2.79. The number of halogens is 2. The zero-order chi connectivity index (χ0) is 31.5. The van der Waals surface area contributed by atoms with Crippen molar-refractivity contribution in [3.8, 4) is 5.75 Å². The Labute approximate surface area is 254 Å². The first-order valence-corrected chi connectivity index (χ1v) is 15.0. The van der Waals surface area contributed by atoms with Gasteiger partial charge in [0.1, 0.15) is 23.4 Å². The normalized spacial score (nSPS) is 11.8. The molecule has 0 aliphatic rings. The Morgan fingerprint density at radius 1 is 0.841 bits per heavy atom. The maximum absolute atomic E-state index is 13.7. The van der Waals surface area contributed by atoms with E-state index in [4.69, 9.17) is 9.47 Å². The van der Waals surface area contributed by atoms with E-state index in [1.807, 2.05) is 0 Å². The Balaban J connectivity index is 1.53. The number of rotatable bonds is 14. The summed E-state index contributed by atoms with van der Waals surface area (Å²) < 4.78 is 65.4. The maximum Gasteiger partial charge on any atom is 0.261 e. The van der Waals surface area contributed by atoms with Crippen LogP contribution < -0.4 is 14.8 Å². The van der Waals surface area contributed by atoms with Gasteiger partial charge in [-0.25, -0.2) is 17.2 Å². The predicted octanol–water partition coefficient (Wildman–Crippen LogP) is 4.68. The number of anilines is 1.